The first-order valence-electron chi connectivity index (χ1n) is 13.0. The lowest BCUT2D eigenvalue weighted by Crippen LogP contribution is -2.65. The van der Waals surface area contributed by atoms with Gasteiger partial charge in [-0.3, -0.25) is 14.4 Å². The van der Waals surface area contributed by atoms with Gasteiger partial charge in [0.15, 0.2) is 0 Å². The van der Waals surface area contributed by atoms with Crippen LogP contribution in [0.1, 0.15) is 52.9 Å². The number of benzene rings is 2. The average molecular weight is 531 g/mol. The minimum atomic E-state index is -0.955. The van der Waals surface area contributed by atoms with Crippen LogP contribution in [0.5, 0.6) is 0 Å². The number of hydrogen-bond donors (Lipinski definition) is 2. The third-order valence-corrected chi connectivity index (χ3v) is 9.17. The summed E-state index contributed by atoms with van der Waals surface area (Å²) in [7, 11) is 0. The summed E-state index contributed by atoms with van der Waals surface area (Å²) in [5.74, 6) is -0.653. The van der Waals surface area contributed by atoms with Gasteiger partial charge in [0.25, 0.3) is 5.91 Å². The van der Waals surface area contributed by atoms with Crippen LogP contribution in [-0.4, -0.2) is 61.8 Å². The highest BCUT2D eigenvalue weighted by Gasteiger charge is 2.57. The molecule has 0 radical (unpaired) electrons. The topological polar surface area (TPSA) is 103 Å². The third-order valence-electron chi connectivity index (χ3n) is 8.19. The molecule has 2 N–H and O–H groups in total. The van der Waals surface area contributed by atoms with Crippen molar-refractivity contribution in [2.45, 2.75) is 63.4 Å². The van der Waals surface area contributed by atoms with Crippen LogP contribution in [-0.2, 0) is 22.7 Å². The number of amides is 3. The van der Waals surface area contributed by atoms with Crippen molar-refractivity contribution in [1.29, 1.82) is 0 Å². The Balaban J connectivity index is 1.15. The van der Waals surface area contributed by atoms with E-state index in [1.807, 2.05) is 54.9 Å². The van der Waals surface area contributed by atoms with Gasteiger partial charge in [-0.25, -0.2) is 4.98 Å². The standard InChI is InChI=1S/C29H30N4O4S/c1-18-25(38-17-31-18)20-9-7-19(8-10-20)14-30-26(35)24-13-22(34)16-32(24)28(37)29(11-4-12-29)33-15-21-5-2-3-6-23(21)27(33)36/h2-3,5-10,17,22,24,34H,4,11-16H2,1H3,(H,30,35)/t22-,24+/m1/s1. The summed E-state index contributed by atoms with van der Waals surface area (Å²) in [5, 5.41) is 13.4. The second-order valence-electron chi connectivity index (χ2n) is 10.5. The van der Waals surface area contributed by atoms with E-state index in [4.69, 9.17) is 0 Å². The van der Waals surface area contributed by atoms with E-state index in [1.54, 1.807) is 22.3 Å². The average Bonchev–Trinajstić information content (AvgIpc) is 3.60. The van der Waals surface area contributed by atoms with Crippen LogP contribution in [0.15, 0.2) is 54.0 Å². The summed E-state index contributed by atoms with van der Waals surface area (Å²) in [6, 6.07) is 14.7. The van der Waals surface area contributed by atoms with Crippen LogP contribution in [0.3, 0.4) is 0 Å². The number of carbonyl (C=O) groups excluding carboxylic acids is 3. The molecule has 6 rings (SSSR count). The van der Waals surface area contributed by atoms with E-state index in [-0.39, 0.29) is 30.7 Å². The molecule has 0 unspecified atom stereocenters. The molecule has 3 aliphatic rings. The zero-order valence-electron chi connectivity index (χ0n) is 21.2. The number of fused-ring (bicyclic) bond motifs is 1. The molecule has 0 spiro atoms. The van der Waals surface area contributed by atoms with Gasteiger partial charge in [-0.1, -0.05) is 42.5 Å². The second-order valence-corrected chi connectivity index (χ2v) is 11.3. The van der Waals surface area contributed by atoms with Crippen LogP contribution in [0, 0.1) is 6.92 Å². The molecule has 1 aliphatic carbocycles. The number of aromatic nitrogens is 1. The fourth-order valence-corrected chi connectivity index (χ4v) is 6.74. The van der Waals surface area contributed by atoms with Crippen molar-refractivity contribution in [3.8, 4) is 10.4 Å². The molecular weight excluding hydrogens is 500 g/mol. The predicted octanol–water partition coefficient (Wildman–Crippen LogP) is 3.28. The highest BCUT2D eigenvalue weighted by molar-refractivity contribution is 7.13. The quantitative estimate of drug-likeness (QED) is 0.509. The Kier molecular flexibility index (Phi) is 6.28. The maximum atomic E-state index is 14.0. The fraction of sp³-hybridized carbons (Fsp3) is 0.379. The molecule has 8 nitrogen and oxygen atoms in total. The molecule has 3 aromatic rings. The van der Waals surface area contributed by atoms with E-state index in [2.05, 4.69) is 10.3 Å². The number of β-amino-alcohol motifs (C(OH)–C–C–N with tert-alkyl or cyclic N) is 1. The van der Waals surface area contributed by atoms with Crippen molar-refractivity contribution in [2.24, 2.45) is 0 Å². The number of likely N-dealkylation sites (tertiary alicyclic amines) is 1. The Labute approximate surface area is 225 Å². The lowest BCUT2D eigenvalue weighted by Gasteiger charge is -2.49. The molecule has 3 amide bonds. The van der Waals surface area contributed by atoms with Crippen LogP contribution in [0.4, 0.5) is 0 Å². The largest absolute Gasteiger partial charge is 0.391 e. The Bertz CT molecular complexity index is 1400. The Hall–Kier alpha value is -3.56. The van der Waals surface area contributed by atoms with Crippen LogP contribution < -0.4 is 5.32 Å². The lowest BCUT2D eigenvalue weighted by molar-refractivity contribution is -0.153. The number of nitrogens with one attached hydrogen (secondary N) is 1. The molecule has 1 saturated heterocycles. The van der Waals surface area contributed by atoms with Gasteiger partial charge in [-0.15, -0.1) is 11.3 Å². The molecule has 2 fully saturated rings. The number of nitrogens with zero attached hydrogens (tertiary/aromatic N) is 3. The number of carbonyl (C=O) groups is 3. The minimum Gasteiger partial charge on any atom is -0.391 e. The molecule has 0 bridgehead atoms. The van der Waals surface area contributed by atoms with E-state index in [0.29, 0.717) is 31.5 Å². The SMILES string of the molecule is Cc1ncsc1-c1ccc(CNC(=O)[C@@H]2C[C@@H](O)CN2C(=O)C2(N3Cc4ccccc4C3=O)CCC2)cc1. The van der Waals surface area contributed by atoms with Crippen molar-refractivity contribution < 1.29 is 19.5 Å². The van der Waals surface area contributed by atoms with Gasteiger partial charge in [0, 0.05) is 31.6 Å². The second kappa shape index (κ2) is 9.63. The maximum absolute atomic E-state index is 14.0. The highest BCUT2D eigenvalue weighted by Crippen LogP contribution is 2.44. The molecule has 2 atom stereocenters. The molecule has 2 aliphatic heterocycles. The van der Waals surface area contributed by atoms with Crippen molar-refractivity contribution in [2.75, 3.05) is 6.54 Å². The normalized spacial score (nSPS) is 21.8. The number of thiazole rings is 1. The number of hydrogen-bond acceptors (Lipinski definition) is 6. The summed E-state index contributed by atoms with van der Waals surface area (Å²) in [4.78, 5) is 49.1. The minimum absolute atomic E-state index is 0.0938. The van der Waals surface area contributed by atoms with Crippen LogP contribution in [0.2, 0.25) is 0 Å². The number of aliphatic hydroxyl groups is 1. The number of aryl methyl sites for hydroxylation is 1. The van der Waals surface area contributed by atoms with Gasteiger partial charge in [0.05, 0.1) is 22.2 Å². The van der Waals surface area contributed by atoms with Gasteiger partial charge >= 0.3 is 0 Å². The van der Waals surface area contributed by atoms with Crippen LogP contribution >= 0.6 is 11.3 Å². The van der Waals surface area contributed by atoms with Gasteiger partial charge in [0.1, 0.15) is 11.6 Å². The smallest absolute Gasteiger partial charge is 0.255 e. The maximum Gasteiger partial charge on any atom is 0.255 e. The zero-order valence-corrected chi connectivity index (χ0v) is 22.0. The first-order valence-corrected chi connectivity index (χ1v) is 13.9. The number of rotatable bonds is 6. The van der Waals surface area contributed by atoms with Crippen molar-refractivity contribution in [1.82, 2.24) is 20.1 Å². The van der Waals surface area contributed by atoms with E-state index < -0.39 is 17.7 Å². The molecule has 2 aromatic carbocycles. The molecule has 1 aromatic heterocycles. The van der Waals surface area contributed by atoms with E-state index in [1.165, 1.54) is 4.90 Å². The summed E-state index contributed by atoms with van der Waals surface area (Å²) < 4.78 is 0. The van der Waals surface area contributed by atoms with Gasteiger partial charge in [0.2, 0.25) is 11.8 Å². The van der Waals surface area contributed by atoms with Crippen LogP contribution in [0.25, 0.3) is 10.4 Å². The monoisotopic (exact) mass is 530 g/mol. The third kappa shape index (κ3) is 4.10. The first kappa shape index (κ1) is 24.8. The lowest BCUT2D eigenvalue weighted by atomic mass is 9.74. The van der Waals surface area contributed by atoms with E-state index >= 15 is 0 Å². The molecule has 1 saturated carbocycles. The molecule has 196 valence electrons. The summed E-state index contributed by atoms with van der Waals surface area (Å²) in [6.07, 6.45) is 1.39. The van der Waals surface area contributed by atoms with Gasteiger partial charge < -0.3 is 20.2 Å². The van der Waals surface area contributed by atoms with Crippen molar-refractivity contribution in [3.63, 3.8) is 0 Å². The molecular formula is C29H30N4O4S. The highest BCUT2D eigenvalue weighted by atomic mass is 32.1. The van der Waals surface area contributed by atoms with Gasteiger partial charge in [-0.05, 0) is 48.9 Å². The summed E-state index contributed by atoms with van der Waals surface area (Å²) in [6.45, 7) is 2.79. The first-order chi connectivity index (χ1) is 18.4. The van der Waals surface area contributed by atoms with E-state index in [9.17, 15) is 19.5 Å². The summed E-state index contributed by atoms with van der Waals surface area (Å²) in [5.41, 5.74) is 5.45. The number of aliphatic hydroxyl groups excluding tert-OH is 1. The van der Waals surface area contributed by atoms with Crippen molar-refractivity contribution >= 4 is 29.1 Å². The summed E-state index contributed by atoms with van der Waals surface area (Å²) >= 11 is 1.59. The molecule has 38 heavy (non-hydrogen) atoms. The van der Waals surface area contributed by atoms with Gasteiger partial charge in [-0.2, -0.15) is 0 Å². The van der Waals surface area contributed by atoms with Crippen molar-refractivity contribution in [3.05, 3.63) is 76.4 Å². The Morgan fingerprint density at radius 1 is 1.16 bits per heavy atom. The fourth-order valence-electron chi connectivity index (χ4n) is 5.93. The molecule has 9 heteroatoms. The predicted molar refractivity (Wildman–Crippen MR) is 143 cm³/mol. The Morgan fingerprint density at radius 2 is 1.92 bits per heavy atom. The Morgan fingerprint density at radius 3 is 2.58 bits per heavy atom. The molecule has 3 heterocycles. The van der Waals surface area contributed by atoms with E-state index in [0.717, 1.165) is 33.7 Å². The zero-order chi connectivity index (χ0) is 26.4.